The van der Waals surface area contributed by atoms with Gasteiger partial charge >= 0.3 is 0 Å². The number of anilines is 2. The van der Waals surface area contributed by atoms with E-state index in [2.05, 4.69) is 26.1 Å². The minimum absolute atomic E-state index is 0.364. The van der Waals surface area contributed by atoms with Gasteiger partial charge in [-0.05, 0) is 24.4 Å². The van der Waals surface area contributed by atoms with Crippen LogP contribution in [0.2, 0.25) is 5.15 Å². The fourth-order valence-electron chi connectivity index (χ4n) is 1.51. The molecule has 2 aromatic rings. The SMILES string of the molecule is CNC(=S)N/N=C/c1sc(Nc2ccccc2OC)nc1Cl. The number of aromatic nitrogens is 1. The van der Waals surface area contributed by atoms with Gasteiger partial charge in [0.2, 0.25) is 0 Å². The van der Waals surface area contributed by atoms with E-state index in [1.165, 1.54) is 11.3 Å². The van der Waals surface area contributed by atoms with Crippen molar-refractivity contribution in [3.05, 3.63) is 34.3 Å². The lowest BCUT2D eigenvalue weighted by Gasteiger charge is -2.07. The van der Waals surface area contributed by atoms with Crippen molar-refractivity contribution < 1.29 is 4.74 Å². The molecule has 22 heavy (non-hydrogen) atoms. The van der Waals surface area contributed by atoms with E-state index in [0.29, 0.717) is 20.3 Å². The third-order valence-electron chi connectivity index (χ3n) is 2.53. The third-order valence-corrected chi connectivity index (χ3v) is 4.13. The molecule has 1 aromatic heterocycles. The molecule has 0 saturated carbocycles. The fourth-order valence-corrected chi connectivity index (χ4v) is 2.61. The summed E-state index contributed by atoms with van der Waals surface area (Å²) in [5, 5.41) is 11.3. The molecule has 1 aromatic carbocycles. The van der Waals surface area contributed by atoms with Crippen LogP contribution in [0.25, 0.3) is 0 Å². The molecule has 1 heterocycles. The maximum absolute atomic E-state index is 6.09. The average molecular weight is 356 g/mol. The summed E-state index contributed by atoms with van der Waals surface area (Å²) in [5.74, 6) is 0.727. The number of hydrogen-bond donors (Lipinski definition) is 3. The topological polar surface area (TPSA) is 70.6 Å². The summed E-state index contributed by atoms with van der Waals surface area (Å²) in [5.41, 5.74) is 3.47. The van der Waals surface area contributed by atoms with Crippen LogP contribution in [0.5, 0.6) is 5.75 Å². The standard InChI is InChI=1S/C13H14ClN5OS2/c1-15-12(21)19-16-7-10-11(14)18-13(22-10)17-8-5-3-4-6-9(8)20-2/h3-7H,1-2H3,(H,17,18)(H2,15,19,21)/b16-7+. The zero-order valence-corrected chi connectivity index (χ0v) is 14.3. The van der Waals surface area contributed by atoms with Gasteiger partial charge in [0, 0.05) is 7.05 Å². The largest absolute Gasteiger partial charge is 0.495 e. The highest BCUT2D eigenvalue weighted by molar-refractivity contribution is 7.80. The monoisotopic (exact) mass is 355 g/mol. The van der Waals surface area contributed by atoms with Crippen molar-refractivity contribution in [2.75, 3.05) is 19.5 Å². The minimum Gasteiger partial charge on any atom is -0.495 e. The van der Waals surface area contributed by atoms with Gasteiger partial charge in [0.25, 0.3) is 0 Å². The van der Waals surface area contributed by atoms with E-state index in [4.69, 9.17) is 28.6 Å². The highest BCUT2D eigenvalue weighted by Gasteiger charge is 2.09. The number of thiocarbonyl (C=S) groups is 1. The van der Waals surface area contributed by atoms with Crippen LogP contribution >= 0.6 is 35.2 Å². The number of hydrazone groups is 1. The molecule has 0 saturated heterocycles. The number of halogens is 1. The van der Waals surface area contributed by atoms with E-state index in [0.717, 1.165) is 11.4 Å². The van der Waals surface area contributed by atoms with E-state index in [1.807, 2.05) is 24.3 Å². The van der Waals surface area contributed by atoms with E-state index < -0.39 is 0 Å². The molecule has 0 unspecified atom stereocenters. The summed E-state index contributed by atoms with van der Waals surface area (Å²) >= 11 is 12.4. The van der Waals surface area contributed by atoms with Gasteiger partial charge in [-0.3, -0.25) is 5.43 Å². The summed E-state index contributed by atoms with van der Waals surface area (Å²) in [6.45, 7) is 0. The van der Waals surface area contributed by atoms with E-state index >= 15 is 0 Å². The number of hydrogen-bond acceptors (Lipinski definition) is 6. The van der Waals surface area contributed by atoms with Gasteiger partial charge in [-0.2, -0.15) is 5.10 Å². The molecule has 6 nitrogen and oxygen atoms in total. The second-order valence-corrected chi connectivity index (χ2v) is 5.75. The molecule has 2 rings (SSSR count). The lowest BCUT2D eigenvalue weighted by Crippen LogP contribution is -2.28. The zero-order valence-electron chi connectivity index (χ0n) is 11.9. The van der Waals surface area contributed by atoms with Crippen LogP contribution in [0.4, 0.5) is 10.8 Å². The molecular weight excluding hydrogens is 342 g/mol. The number of rotatable bonds is 5. The van der Waals surface area contributed by atoms with Crippen molar-refractivity contribution in [2.45, 2.75) is 0 Å². The summed E-state index contributed by atoms with van der Waals surface area (Å²) in [6.07, 6.45) is 1.57. The Balaban J connectivity index is 2.11. The molecular formula is C13H14ClN5OS2. The highest BCUT2D eigenvalue weighted by Crippen LogP contribution is 2.31. The molecule has 9 heteroatoms. The second-order valence-electron chi connectivity index (χ2n) is 3.95. The molecule has 0 aliphatic carbocycles. The van der Waals surface area contributed by atoms with Crippen molar-refractivity contribution in [2.24, 2.45) is 5.10 Å². The predicted molar refractivity (Wildman–Crippen MR) is 95.8 cm³/mol. The number of nitrogens with one attached hydrogen (secondary N) is 3. The van der Waals surface area contributed by atoms with Crippen molar-refractivity contribution in [3.8, 4) is 5.75 Å². The Morgan fingerprint density at radius 1 is 1.45 bits per heavy atom. The van der Waals surface area contributed by atoms with Crippen LogP contribution in [0.1, 0.15) is 4.88 Å². The van der Waals surface area contributed by atoms with Crippen LogP contribution in [0, 0.1) is 0 Å². The molecule has 0 fully saturated rings. The molecule has 0 spiro atoms. The third kappa shape index (κ3) is 4.30. The van der Waals surface area contributed by atoms with Gasteiger partial charge in [-0.25, -0.2) is 4.98 Å². The first-order chi connectivity index (χ1) is 10.6. The van der Waals surface area contributed by atoms with Gasteiger partial charge in [0.1, 0.15) is 5.75 Å². The maximum Gasteiger partial charge on any atom is 0.189 e. The molecule has 0 aliphatic heterocycles. The van der Waals surface area contributed by atoms with Gasteiger partial charge in [0.05, 0.1) is 23.9 Å². The smallest absolute Gasteiger partial charge is 0.189 e. The van der Waals surface area contributed by atoms with E-state index in [-0.39, 0.29) is 0 Å². The molecule has 116 valence electrons. The van der Waals surface area contributed by atoms with E-state index in [1.54, 1.807) is 20.4 Å². The Labute approximate surface area is 142 Å². The Morgan fingerprint density at radius 3 is 2.95 bits per heavy atom. The molecule has 0 radical (unpaired) electrons. The highest BCUT2D eigenvalue weighted by atomic mass is 35.5. The molecule has 0 atom stereocenters. The van der Waals surface area contributed by atoms with Gasteiger partial charge in [-0.15, -0.1) is 0 Å². The molecule has 0 aliphatic rings. The predicted octanol–water partition coefficient (Wildman–Crippen LogP) is 2.98. The van der Waals surface area contributed by atoms with Crippen LogP contribution in [-0.4, -0.2) is 30.5 Å². The minimum atomic E-state index is 0.364. The lowest BCUT2D eigenvalue weighted by atomic mass is 10.3. The van der Waals surface area contributed by atoms with Gasteiger partial charge in [0.15, 0.2) is 15.4 Å². The fraction of sp³-hybridized carbons (Fsp3) is 0.154. The second kappa shape index (κ2) is 7.92. The molecule has 3 N–H and O–H groups in total. The number of benzene rings is 1. The summed E-state index contributed by atoms with van der Waals surface area (Å²) in [7, 11) is 3.32. The molecule has 0 bridgehead atoms. The quantitative estimate of drug-likeness (QED) is 0.435. The van der Waals surface area contributed by atoms with Crippen molar-refractivity contribution >= 4 is 57.3 Å². The number of methoxy groups -OCH3 is 1. The Morgan fingerprint density at radius 2 is 2.23 bits per heavy atom. The Kier molecular flexibility index (Phi) is 5.93. The summed E-state index contributed by atoms with van der Waals surface area (Å²) in [4.78, 5) is 4.96. The van der Waals surface area contributed by atoms with Crippen molar-refractivity contribution in [1.29, 1.82) is 0 Å². The first-order valence-electron chi connectivity index (χ1n) is 6.21. The Hall–Kier alpha value is -1.90. The maximum atomic E-state index is 6.09. The summed E-state index contributed by atoms with van der Waals surface area (Å²) < 4.78 is 5.28. The van der Waals surface area contributed by atoms with E-state index in [9.17, 15) is 0 Å². The normalized spacial score (nSPS) is 10.5. The van der Waals surface area contributed by atoms with Crippen LogP contribution in [0.15, 0.2) is 29.4 Å². The number of para-hydroxylation sites is 2. The average Bonchev–Trinajstić information content (AvgIpc) is 2.87. The number of thiazole rings is 1. The Bertz CT molecular complexity index is 689. The van der Waals surface area contributed by atoms with Crippen molar-refractivity contribution in [1.82, 2.24) is 15.7 Å². The van der Waals surface area contributed by atoms with Crippen LogP contribution in [0.3, 0.4) is 0 Å². The number of ether oxygens (including phenoxy) is 1. The molecule has 0 amide bonds. The summed E-state index contributed by atoms with van der Waals surface area (Å²) in [6, 6.07) is 7.57. The van der Waals surface area contributed by atoms with Gasteiger partial charge in [-0.1, -0.05) is 35.1 Å². The number of nitrogens with zero attached hydrogens (tertiary/aromatic N) is 2. The zero-order chi connectivity index (χ0) is 15.9. The van der Waals surface area contributed by atoms with Crippen LogP contribution in [-0.2, 0) is 0 Å². The first kappa shape index (κ1) is 16.5. The lowest BCUT2D eigenvalue weighted by molar-refractivity contribution is 0.417. The van der Waals surface area contributed by atoms with Crippen LogP contribution < -0.4 is 20.8 Å². The van der Waals surface area contributed by atoms with Crippen molar-refractivity contribution in [3.63, 3.8) is 0 Å². The van der Waals surface area contributed by atoms with Gasteiger partial charge < -0.3 is 15.4 Å². The first-order valence-corrected chi connectivity index (χ1v) is 7.81.